The SMILES string of the molecule is Cc1cc(C)c(C(N)c2cc3cc(Cl)ccc3o2)c(C)c1. The van der Waals surface area contributed by atoms with Gasteiger partial charge in [-0.15, -0.1) is 0 Å². The van der Waals surface area contributed by atoms with E-state index in [-0.39, 0.29) is 6.04 Å². The average molecular weight is 300 g/mol. The lowest BCUT2D eigenvalue weighted by Crippen LogP contribution is -2.14. The van der Waals surface area contributed by atoms with Gasteiger partial charge in [-0.25, -0.2) is 0 Å². The molecule has 0 fully saturated rings. The molecule has 0 radical (unpaired) electrons. The lowest BCUT2D eigenvalue weighted by molar-refractivity contribution is 0.523. The van der Waals surface area contributed by atoms with Gasteiger partial charge in [0.15, 0.2) is 0 Å². The van der Waals surface area contributed by atoms with E-state index in [4.69, 9.17) is 21.8 Å². The van der Waals surface area contributed by atoms with Gasteiger partial charge in [0.25, 0.3) is 0 Å². The summed E-state index contributed by atoms with van der Waals surface area (Å²) in [5.41, 5.74) is 12.0. The third-order valence-corrected chi connectivity index (χ3v) is 4.09. The fourth-order valence-electron chi connectivity index (χ4n) is 3.01. The molecular formula is C18H18ClNO. The van der Waals surface area contributed by atoms with Gasteiger partial charge in [0, 0.05) is 10.4 Å². The molecule has 3 rings (SSSR count). The van der Waals surface area contributed by atoms with Crippen molar-refractivity contribution in [2.75, 3.05) is 0 Å². The first-order chi connectivity index (χ1) is 9.95. The van der Waals surface area contributed by atoms with Gasteiger partial charge >= 0.3 is 0 Å². The van der Waals surface area contributed by atoms with Crippen molar-refractivity contribution in [1.82, 2.24) is 0 Å². The van der Waals surface area contributed by atoms with Gasteiger partial charge in [-0.05, 0) is 61.7 Å². The second kappa shape index (κ2) is 5.21. The van der Waals surface area contributed by atoms with E-state index in [9.17, 15) is 0 Å². The maximum Gasteiger partial charge on any atom is 0.134 e. The Morgan fingerprint density at radius 1 is 1.00 bits per heavy atom. The Kier molecular flexibility index (Phi) is 3.52. The Labute approximate surface area is 129 Å². The van der Waals surface area contributed by atoms with Crippen molar-refractivity contribution in [3.8, 4) is 0 Å². The van der Waals surface area contributed by atoms with Crippen molar-refractivity contribution < 1.29 is 4.42 Å². The van der Waals surface area contributed by atoms with Crippen molar-refractivity contribution in [2.45, 2.75) is 26.8 Å². The van der Waals surface area contributed by atoms with E-state index in [2.05, 4.69) is 32.9 Å². The molecular weight excluding hydrogens is 282 g/mol. The summed E-state index contributed by atoms with van der Waals surface area (Å²) in [4.78, 5) is 0. The van der Waals surface area contributed by atoms with Gasteiger partial charge in [0.1, 0.15) is 11.3 Å². The molecule has 3 heteroatoms. The molecule has 0 bridgehead atoms. The van der Waals surface area contributed by atoms with Crippen LogP contribution in [0.4, 0.5) is 0 Å². The highest BCUT2D eigenvalue weighted by molar-refractivity contribution is 6.31. The first-order valence-corrected chi connectivity index (χ1v) is 7.36. The molecule has 0 saturated carbocycles. The van der Waals surface area contributed by atoms with Crippen LogP contribution in [0.3, 0.4) is 0 Å². The van der Waals surface area contributed by atoms with Crippen LogP contribution >= 0.6 is 11.6 Å². The quantitative estimate of drug-likeness (QED) is 0.718. The number of benzene rings is 2. The zero-order valence-corrected chi connectivity index (χ0v) is 13.2. The average Bonchev–Trinajstić information content (AvgIpc) is 2.80. The number of halogens is 1. The summed E-state index contributed by atoms with van der Waals surface area (Å²) < 4.78 is 5.90. The Hall–Kier alpha value is -1.77. The molecule has 1 atom stereocenters. The highest BCUT2D eigenvalue weighted by atomic mass is 35.5. The van der Waals surface area contributed by atoms with Gasteiger partial charge in [0.05, 0.1) is 6.04 Å². The molecule has 1 aromatic heterocycles. The normalized spacial score (nSPS) is 12.8. The van der Waals surface area contributed by atoms with Gasteiger partial charge in [-0.2, -0.15) is 0 Å². The van der Waals surface area contributed by atoms with Crippen molar-refractivity contribution in [2.24, 2.45) is 5.73 Å². The second-order valence-corrected chi connectivity index (χ2v) is 6.06. The molecule has 1 heterocycles. The minimum absolute atomic E-state index is 0.267. The monoisotopic (exact) mass is 299 g/mol. The van der Waals surface area contributed by atoms with Crippen molar-refractivity contribution in [3.05, 3.63) is 69.4 Å². The molecule has 2 aromatic carbocycles. The van der Waals surface area contributed by atoms with E-state index < -0.39 is 0 Å². The molecule has 2 N–H and O–H groups in total. The predicted octanol–water partition coefficient (Wildman–Crippen LogP) is 5.06. The van der Waals surface area contributed by atoms with Crippen molar-refractivity contribution in [1.29, 1.82) is 0 Å². The Morgan fingerprint density at radius 2 is 1.67 bits per heavy atom. The summed E-state index contributed by atoms with van der Waals surface area (Å²) in [6.45, 7) is 6.28. The van der Waals surface area contributed by atoms with Crippen LogP contribution < -0.4 is 5.73 Å². The fourth-order valence-corrected chi connectivity index (χ4v) is 3.19. The highest BCUT2D eigenvalue weighted by Crippen LogP contribution is 2.31. The van der Waals surface area contributed by atoms with Crippen LogP contribution in [0.1, 0.15) is 34.1 Å². The number of hydrogen-bond acceptors (Lipinski definition) is 2. The Morgan fingerprint density at radius 3 is 2.33 bits per heavy atom. The van der Waals surface area contributed by atoms with Gasteiger partial charge in [0.2, 0.25) is 0 Å². The smallest absolute Gasteiger partial charge is 0.134 e. The standard InChI is InChI=1S/C18H18ClNO/c1-10-6-11(2)17(12(3)7-10)18(20)16-9-13-8-14(19)4-5-15(13)21-16/h4-9,18H,20H2,1-3H3. The Bertz CT molecular complexity index is 796. The van der Waals surface area contributed by atoms with E-state index in [1.54, 1.807) is 0 Å². The predicted molar refractivity (Wildman–Crippen MR) is 87.9 cm³/mol. The van der Waals surface area contributed by atoms with Gasteiger partial charge in [-0.3, -0.25) is 0 Å². The number of furan rings is 1. The van der Waals surface area contributed by atoms with E-state index in [1.807, 2.05) is 24.3 Å². The summed E-state index contributed by atoms with van der Waals surface area (Å²) >= 11 is 6.02. The lowest BCUT2D eigenvalue weighted by atomic mass is 9.93. The summed E-state index contributed by atoms with van der Waals surface area (Å²) in [6.07, 6.45) is 0. The van der Waals surface area contributed by atoms with Crippen LogP contribution in [0.5, 0.6) is 0 Å². The van der Waals surface area contributed by atoms with Gasteiger partial charge in [-0.1, -0.05) is 29.3 Å². The third-order valence-electron chi connectivity index (χ3n) is 3.85. The summed E-state index contributed by atoms with van der Waals surface area (Å²) in [7, 11) is 0. The molecule has 0 spiro atoms. The third kappa shape index (κ3) is 2.57. The van der Waals surface area contributed by atoms with Crippen LogP contribution in [0.2, 0.25) is 5.02 Å². The van der Waals surface area contributed by atoms with E-state index in [1.165, 1.54) is 16.7 Å². The molecule has 0 aliphatic heterocycles. The lowest BCUT2D eigenvalue weighted by Gasteiger charge is -2.16. The summed E-state index contributed by atoms with van der Waals surface area (Å²) in [6, 6.07) is 11.6. The molecule has 0 aliphatic carbocycles. The number of nitrogens with two attached hydrogens (primary N) is 1. The first kappa shape index (κ1) is 14.2. The molecule has 108 valence electrons. The van der Waals surface area contributed by atoms with E-state index in [0.717, 1.165) is 22.3 Å². The largest absolute Gasteiger partial charge is 0.459 e. The van der Waals surface area contributed by atoms with Crippen LogP contribution in [0, 0.1) is 20.8 Å². The van der Waals surface area contributed by atoms with E-state index >= 15 is 0 Å². The number of rotatable bonds is 2. The molecule has 0 aliphatic rings. The number of aryl methyl sites for hydroxylation is 3. The van der Waals surface area contributed by atoms with Crippen LogP contribution in [0.15, 0.2) is 40.8 Å². The minimum Gasteiger partial charge on any atom is -0.459 e. The maximum atomic E-state index is 6.44. The maximum absolute atomic E-state index is 6.44. The van der Waals surface area contributed by atoms with Crippen molar-refractivity contribution in [3.63, 3.8) is 0 Å². The van der Waals surface area contributed by atoms with Crippen LogP contribution in [-0.4, -0.2) is 0 Å². The number of hydrogen-bond donors (Lipinski definition) is 1. The van der Waals surface area contributed by atoms with Gasteiger partial charge < -0.3 is 10.2 Å². The van der Waals surface area contributed by atoms with E-state index in [0.29, 0.717) is 5.02 Å². The molecule has 1 unspecified atom stereocenters. The zero-order chi connectivity index (χ0) is 15.1. The number of fused-ring (bicyclic) bond motifs is 1. The summed E-state index contributed by atoms with van der Waals surface area (Å²) in [5, 5.41) is 1.68. The topological polar surface area (TPSA) is 39.2 Å². The van der Waals surface area contributed by atoms with Crippen LogP contribution in [-0.2, 0) is 0 Å². The molecule has 3 aromatic rings. The minimum atomic E-state index is -0.267. The Balaban J connectivity index is 2.10. The summed E-state index contributed by atoms with van der Waals surface area (Å²) in [5.74, 6) is 0.766. The van der Waals surface area contributed by atoms with Crippen molar-refractivity contribution >= 4 is 22.6 Å². The molecule has 0 saturated heterocycles. The fraction of sp³-hybridized carbons (Fsp3) is 0.222. The molecule has 2 nitrogen and oxygen atoms in total. The molecule has 0 amide bonds. The molecule has 21 heavy (non-hydrogen) atoms. The van der Waals surface area contributed by atoms with Crippen LogP contribution in [0.25, 0.3) is 11.0 Å². The second-order valence-electron chi connectivity index (χ2n) is 5.62. The highest BCUT2D eigenvalue weighted by Gasteiger charge is 2.18. The zero-order valence-electron chi connectivity index (χ0n) is 12.4. The first-order valence-electron chi connectivity index (χ1n) is 6.98.